The van der Waals surface area contributed by atoms with Crippen LogP contribution < -0.4 is 20.1 Å². The van der Waals surface area contributed by atoms with Gasteiger partial charge in [-0.3, -0.25) is 4.79 Å². The van der Waals surface area contributed by atoms with Gasteiger partial charge in [-0.25, -0.2) is 0 Å². The van der Waals surface area contributed by atoms with E-state index in [2.05, 4.69) is 26.6 Å². The van der Waals surface area contributed by atoms with Gasteiger partial charge in [-0.05, 0) is 53.7 Å². The van der Waals surface area contributed by atoms with Gasteiger partial charge in [0, 0.05) is 23.7 Å². The summed E-state index contributed by atoms with van der Waals surface area (Å²) in [5.74, 6) is 1.28. The maximum absolute atomic E-state index is 12.5. The first-order valence-corrected chi connectivity index (χ1v) is 8.64. The number of rotatable bonds is 2. The van der Waals surface area contributed by atoms with E-state index in [-0.39, 0.29) is 11.9 Å². The fourth-order valence-corrected chi connectivity index (χ4v) is 4.24. The zero-order valence-electron chi connectivity index (χ0n) is 12.2. The number of amides is 1. The predicted octanol–water partition coefficient (Wildman–Crippen LogP) is 2.23. The number of fused-ring (bicyclic) bond motifs is 3. The molecular weight excluding hydrogens is 348 g/mol. The molecule has 0 aromatic heterocycles. The first-order chi connectivity index (χ1) is 10.7. The number of hydrogen-bond donors (Lipinski definition) is 2. The maximum Gasteiger partial charge on any atom is 0.251 e. The molecule has 22 heavy (non-hydrogen) atoms. The summed E-state index contributed by atoms with van der Waals surface area (Å²) in [6, 6.07) is 4.97. The van der Waals surface area contributed by atoms with Crippen molar-refractivity contribution in [2.75, 3.05) is 13.2 Å². The Morgan fingerprint density at radius 3 is 2.68 bits per heavy atom. The summed E-state index contributed by atoms with van der Waals surface area (Å²) >= 11 is 3.46. The third kappa shape index (κ3) is 2.70. The topological polar surface area (TPSA) is 59.6 Å². The molecule has 1 aromatic rings. The summed E-state index contributed by atoms with van der Waals surface area (Å²) in [6.07, 6.45) is 4.50. The van der Waals surface area contributed by atoms with Gasteiger partial charge < -0.3 is 20.1 Å². The van der Waals surface area contributed by atoms with E-state index in [1.807, 2.05) is 0 Å². The first-order valence-electron chi connectivity index (χ1n) is 7.85. The van der Waals surface area contributed by atoms with Gasteiger partial charge >= 0.3 is 0 Å². The highest BCUT2D eigenvalue weighted by atomic mass is 79.9. The van der Waals surface area contributed by atoms with Crippen molar-refractivity contribution in [2.24, 2.45) is 0 Å². The Labute approximate surface area is 137 Å². The fraction of sp³-hybridized carbons (Fsp3) is 0.562. The van der Waals surface area contributed by atoms with E-state index in [9.17, 15) is 4.79 Å². The monoisotopic (exact) mass is 366 g/mol. The minimum atomic E-state index is -0.0380. The molecular formula is C16H19BrN2O3. The van der Waals surface area contributed by atoms with Gasteiger partial charge in [-0.2, -0.15) is 0 Å². The highest BCUT2D eigenvalue weighted by molar-refractivity contribution is 9.10. The van der Waals surface area contributed by atoms with E-state index < -0.39 is 0 Å². The highest BCUT2D eigenvalue weighted by Crippen LogP contribution is 2.38. The van der Waals surface area contributed by atoms with E-state index in [4.69, 9.17) is 9.47 Å². The van der Waals surface area contributed by atoms with Crippen molar-refractivity contribution in [2.45, 2.75) is 43.8 Å². The van der Waals surface area contributed by atoms with Crippen molar-refractivity contribution in [3.63, 3.8) is 0 Å². The number of nitrogens with one attached hydrogen (secondary N) is 2. The van der Waals surface area contributed by atoms with Crippen LogP contribution in [0.4, 0.5) is 0 Å². The van der Waals surface area contributed by atoms with Crippen molar-refractivity contribution < 1.29 is 14.3 Å². The van der Waals surface area contributed by atoms with Crippen LogP contribution in [0.15, 0.2) is 16.6 Å². The third-order valence-corrected chi connectivity index (χ3v) is 5.26. The normalized spacial score (nSPS) is 29.2. The molecule has 1 aromatic carbocycles. The number of carbonyl (C=O) groups excluding carboxylic acids is 1. The van der Waals surface area contributed by atoms with Gasteiger partial charge in [0.25, 0.3) is 5.91 Å². The summed E-state index contributed by atoms with van der Waals surface area (Å²) in [4.78, 5) is 12.5. The molecule has 2 saturated heterocycles. The number of piperidine rings is 1. The third-order valence-electron chi connectivity index (χ3n) is 4.67. The second kappa shape index (κ2) is 5.74. The fourth-order valence-electron chi connectivity index (χ4n) is 3.69. The zero-order valence-corrected chi connectivity index (χ0v) is 13.8. The number of benzene rings is 1. The zero-order chi connectivity index (χ0) is 15.1. The molecule has 0 saturated carbocycles. The van der Waals surface area contributed by atoms with E-state index in [0.29, 0.717) is 42.4 Å². The number of carbonyl (C=O) groups is 1. The van der Waals surface area contributed by atoms with Crippen molar-refractivity contribution in [1.82, 2.24) is 10.6 Å². The Morgan fingerprint density at radius 2 is 1.91 bits per heavy atom. The SMILES string of the molecule is O=C(NC1CC2CCC(C1)N2)c1cc(Br)c2c(c1)OCCO2. The molecule has 5 nitrogen and oxygen atoms in total. The van der Waals surface area contributed by atoms with E-state index in [1.54, 1.807) is 12.1 Å². The molecule has 2 fully saturated rings. The van der Waals surface area contributed by atoms with Crippen molar-refractivity contribution in [3.8, 4) is 11.5 Å². The number of halogens is 1. The second-order valence-corrected chi connectivity index (χ2v) is 7.12. The standard InChI is InChI=1S/C16H19BrN2O3/c17-13-5-9(6-14-15(13)22-4-3-21-14)16(20)19-12-7-10-1-2-11(8-12)18-10/h5-6,10-12,18H,1-4,7-8H2,(H,19,20). The van der Waals surface area contributed by atoms with Gasteiger partial charge in [0.2, 0.25) is 0 Å². The smallest absolute Gasteiger partial charge is 0.251 e. The Morgan fingerprint density at radius 1 is 1.18 bits per heavy atom. The van der Waals surface area contributed by atoms with Crippen molar-refractivity contribution in [3.05, 3.63) is 22.2 Å². The summed E-state index contributed by atoms with van der Waals surface area (Å²) in [5.41, 5.74) is 0.613. The lowest BCUT2D eigenvalue weighted by molar-refractivity contribution is 0.0922. The molecule has 2 bridgehead atoms. The molecule has 3 aliphatic heterocycles. The quantitative estimate of drug-likeness (QED) is 0.842. The van der Waals surface area contributed by atoms with E-state index in [1.165, 1.54) is 12.8 Å². The average Bonchev–Trinajstić information content (AvgIpc) is 2.86. The molecule has 118 valence electrons. The lowest BCUT2D eigenvalue weighted by atomic mass is 9.99. The molecule has 0 aliphatic carbocycles. The molecule has 0 spiro atoms. The van der Waals surface area contributed by atoms with Gasteiger partial charge in [-0.1, -0.05) is 0 Å². The van der Waals surface area contributed by atoms with E-state index >= 15 is 0 Å². The first kappa shape index (κ1) is 14.3. The summed E-state index contributed by atoms with van der Waals surface area (Å²) in [5, 5.41) is 6.76. The summed E-state index contributed by atoms with van der Waals surface area (Å²) < 4.78 is 11.9. The minimum absolute atomic E-state index is 0.0380. The summed E-state index contributed by atoms with van der Waals surface area (Å²) in [6.45, 7) is 1.05. The maximum atomic E-state index is 12.5. The summed E-state index contributed by atoms with van der Waals surface area (Å²) in [7, 11) is 0. The Balaban J connectivity index is 1.49. The van der Waals surface area contributed by atoms with Crippen LogP contribution >= 0.6 is 15.9 Å². The molecule has 6 heteroatoms. The molecule has 2 N–H and O–H groups in total. The number of hydrogen-bond acceptors (Lipinski definition) is 4. The van der Waals surface area contributed by atoms with Gasteiger partial charge in [0.1, 0.15) is 13.2 Å². The van der Waals surface area contributed by atoms with Crippen molar-refractivity contribution in [1.29, 1.82) is 0 Å². The van der Waals surface area contributed by atoms with Crippen LogP contribution in [0.1, 0.15) is 36.0 Å². The predicted molar refractivity (Wildman–Crippen MR) is 85.6 cm³/mol. The molecule has 4 rings (SSSR count). The Hall–Kier alpha value is -1.27. The lowest BCUT2D eigenvalue weighted by Gasteiger charge is -2.29. The van der Waals surface area contributed by atoms with Gasteiger partial charge in [0.05, 0.1) is 4.47 Å². The molecule has 3 heterocycles. The van der Waals surface area contributed by atoms with Crippen LogP contribution in [0.2, 0.25) is 0 Å². The molecule has 3 aliphatic rings. The molecule has 0 radical (unpaired) electrons. The largest absolute Gasteiger partial charge is 0.486 e. The average molecular weight is 367 g/mol. The van der Waals surface area contributed by atoms with Gasteiger partial charge in [0.15, 0.2) is 11.5 Å². The Bertz CT molecular complexity index is 595. The van der Waals surface area contributed by atoms with E-state index in [0.717, 1.165) is 17.3 Å². The Kier molecular flexibility index (Phi) is 3.74. The second-order valence-electron chi connectivity index (χ2n) is 6.26. The van der Waals surface area contributed by atoms with Crippen LogP contribution in [0, 0.1) is 0 Å². The van der Waals surface area contributed by atoms with Crippen LogP contribution in [-0.4, -0.2) is 37.2 Å². The van der Waals surface area contributed by atoms with Crippen LogP contribution in [0.25, 0.3) is 0 Å². The lowest BCUT2D eigenvalue weighted by Crippen LogP contribution is -2.48. The van der Waals surface area contributed by atoms with Crippen molar-refractivity contribution >= 4 is 21.8 Å². The van der Waals surface area contributed by atoms with Crippen LogP contribution in [-0.2, 0) is 0 Å². The van der Waals surface area contributed by atoms with Gasteiger partial charge in [-0.15, -0.1) is 0 Å². The minimum Gasteiger partial charge on any atom is -0.486 e. The molecule has 2 atom stereocenters. The van der Waals surface area contributed by atoms with Crippen LogP contribution in [0.5, 0.6) is 11.5 Å². The van der Waals surface area contributed by atoms with Crippen LogP contribution in [0.3, 0.4) is 0 Å². The highest BCUT2D eigenvalue weighted by Gasteiger charge is 2.34. The molecule has 2 unspecified atom stereocenters. The molecule has 1 amide bonds. The number of ether oxygens (including phenoxy) is 2.